The molecule has 0 saturated carbocycles. The second kappa shape index (κ2) is 7.90. The van der Waals surface area contributed by atoms with E-state index in [4.69, 9.17) is 0 Å². The molecule has 0 spiro atoms. The van der Waals surface area contributed by atoms with Gasteiger partial charge in [-0.1, -0.05) is 19.8 Å². The van der Waals surface area contributed by atoms with E-state index in [9.17, 15) is 8.42 Å². The molecule has 124 valence electrons. The van der Waals surface area contributed by atoms with Crippen LogP contribution in [-0.2, 0) is 10.2 Å². The third-order valence-electron chi connectivity index (χ3n) is 5.02. The maximum Gasteiger partial charge on any atom is 0.282 e. The van der Waals surface area contributed by atoms with Gasteiger partial charge in [-0.15, -0.1) is 0 Å². The fourth-order valence-corrected chi connectivity index (χ4v) is 5.55. The van der Waals surface area contributed by atoms with Gasteiger partial charge < -0.3 is 5.32 Å². The number of hydrogen-bond donors (Lipinski definition) is 1. The molecule has 0 aliphatic carbocycles. The fraction of sp³-hybridized carbons (Fsp3) is 1.00. The van der Waals surface area contributed by atoms with E-state index in [1.165, 1.54) is 12.8 Å². The number of piperidine rings is 1. The molecule has 0 radical (unpaired) electrons. The maximum atomic E-state index is 13.0. The molecule has 2 aliphatic heterocycles. The Morgan fingerprint density at radius 3 is 2.57 bits per heavy atom. The van der Waals surface area contributed by atoms with Crippen LogP contribution in [0.4, 0.5) is 0 Å². The molecular formula is C15H31N3O2S. The van der Waals surface area contributed by atoms with Crippen LogP contribution in [-0.4, -0.2) is 56.3 Å². The Labute approximate surface area is 130 Å². The van der Waals surface area contributed by atoms with Crippen LogP contribution >= 0.6 is 0 Å². The molecule has 2 rings (SSSR count). The Balaban J connectivity index is 2.08. The molecule has 21 heavy (non-hydrogen) atoms. The number of likely N-dealkylation sites (N-methyl/N-ethyl adjacent to an activating group) is 1. The molecule has 0 bridgehead atoms. The summed E-state index contributed by atoms with van der Waals surface area (Å²) < 4.78 is 29.5. The molecule has 0 aromatic rings. The summed E-state index contributed by atoms with van der Waals surface area (Å²) in [5.41, 5.74) is 0. The maximum absolute atomic E-state index is 13.0. The Kier molecular flexibility index (Phi) is 6.47. The van der Waals surface area contributed by atoms with Crippen LogP contribution in [0, 0.1) is 5.92 Å². The Hall–Kier alpha value is -0.170. The largest absolute Gasteiger partial charge is 0.318 e. The standard InChI is InChI=1S/C15H31N3O2S/c1-3-14-7-6-10-17(12-9-14)21(19,20)18-11-5-4-8-15(18)13-16-2/h14-16H,3-13H2,1-2H3. The van der Waals surface area contributed by atoms with Crippen molar-refractivity contribution in [3.63, 3.8) is 0 Å². The van der Waals surface area contributed by atoms with Gasteiger partial charge in [-0.05, 0) is 45.1 Å². The Morgan fingerprint density at radius 2 is 1.86 bits per heavy atom. The van der Waals surface area contributed by atoms with Gasteiger partial charge >= 0.3 is 0 Å². The van der Waals surface area contributed by atoms with E-state index in [2.05, 4.69) is 12.2 Å². The van der Waals surface area contributed by atoms with Crippen molar-refractivity contribution in [1.82, 2.24) is 13.9 Å². The van der Waals surface area contributed by atoms with Crippen LogP contribution in [0.15, 0.2) is 0 Å². The third-order valence-corrected chi connectivity index (χ3v) is 7.11. The Morgan fingerprint density at radius 1 is 1.05 bits per heavy atom. The van der Waals surface area contributed by atoms with Crippen molar-refractivity contribution < 1.29 is 8.42 Å². The first-order valence-corrected chi connectivity index (χ1v) is 9.90. The molecule has 2 unspecified atom stereocenters. The van der Waals surface area contributed by atoms with Gasteiger partial charge in [0, 0.05) is 32.2 Å². The van der Waals surface area contributed by atoms with Gasteiger partial charge in [-0.3, -0.25) is 0 Å². The van der Waals surface area contributed by atoms with E-state index in [1.54, 1.807) is 8.61 Å². The summed E-state index contributed by atoms with van der Waals surface area (Å²) in [5.74, 6) is 0.694. The van der Waals surface area contributed by atoms with Crippen LogP contribution in [0.5, 0.6) is 0 Å². The monoisotopic (exact) mass is 317 g/mol. The first-order chi connectivity index (χ1) is 10.1. The zero-order valence-electron chi connectivity index (χ0n) is 13.6. The van der Waals surface area contributed by atoms with Crippen LogP contribution in [0.3, 0.4) is 0 Å². The second-order valence-electron chi connectivity index (χ2n) is 6.43. The van der Waals surface area contributed by atoms with Crippen molar-refractivity contribution in [3.8, 4) is 0 Å². The minimum atomic E-state index is -3.28. The molecule has 1 N–H and O–H groups in total. The second-order valence-corrected chi connectivity index (χ2v) is 8.31. The lowest BCUT2D eigenvalue weighted by atomic mass is 9.98. The van der Waals surface area contributed by atoms with Gasteiger partial charge in [0.15, 0.2) is 0 Å². The summed E-state index contributed by atoms with van der Waals surface area (Å²) in [6, 6.07) is 0.124. The molecule has 2 fully saturated rings. The predicted octanol–water partition coefficient (Wildman–Crippen LogP) is 1.82. The summed E-state index contributed by atoms with van der Waals surface area (Å²) in [6.45, 7) is 5.04. The summed E-state index contributed by atoms with van der Waals surface area (Å²) in [5, 5.41) is 3.15. The molecule has 2 heterocycles. The number of hydrogen-bond acceptors (Lipinski definition) is 3. The molecule has 0 aromatic heterocycles. The lowest BCUT2D eigenvalue weighted by Crippen LogP contribution is -2.53. The van der Waals surface area contributed by atoms with Gasteiger partial charge in [0.25, 0.3) is 10.2 Å². The normalized spacial score (nSPS) is 30.2. The first kappa shape index (κ1) is 17.2. The third kappa shape index (κ3) is 4.18. The highest BCUT2D eigenvalue weighted by atomic mass is 32.2. The van der Waals surface area contributed by atoms with Gasteiger partial charge in [0.05, 0.1) is 0 Å². The van der Waals surface area contributed by atoms with E-state index in [1.807, 2.05) is 7.05 Å². The van der Waals surface area contributed by atoms with Crippen molar-refractivity contribution in [2.75, 3.05) is 33.2 Å². The topological polar surface area (TPSA) is 52.7 Å². The molecule has 2 saturated heterocycles. The molecule has 0 amide bonds. The van der Waals surface area contributed by atoms with Crippen molar-refractivity contribution in [1.29, 1.82) is 0 Å². The highest BCUT2D eigenvalue weighted by Gasteiger charge is 2.36. The zero-order chi connectivity index (χ0) is 15.3. The Bertz CT molecular complexity index is 411. The quantitative estimate of drug-likeness (QED) is 0.841. The highest BCUT2D eigenvalue weighted by molar-refractivity contribution is 7.86. The van der Waals surface area contributed by atoms with Crippen LogP contribution in [0.1, 0.15) is 51.9 Å². The van der Waals surface area contributed by atoms with Crippen LogP contribution in [0.2, 0.25) is 0 Å². The molecule has 0 aromatic carbocycles. The minimum absolute atomic E-state index is 0.124. The zero-order valence-corrected chi connectivity index (χ0v) is 14.4. The lowest BCUT2D eigenvalue weighted by molar-refractivity contribution is 0.228. The smallest absolute Gasteiger partial charge is 0.282 e. The summed E-state index contributed by atoms with van der Waals surface area (Å²) in [7, 11) is -1.38. The van der Waals surface area contributed by atoms with Gasteiger partial charge in [0.2, 0.25) is 0 Å². The van der Waals surface area contributed by atoms with Gasteiger partial charge in [-0.2, -0.15) is 17.0 Å². The van der Waals surface area contributed by atoms with E-state index in [0.717, 1.165) is 38.6 Å². The SMILES string of the molecule is CCC1CCCN(S(=O)(=O)N2CCCCC2CNC)CC1. The molecule has 6 heteroatoms. The van der Waals surface area contributed by atoms with E-state index >= 15 is 0 Å². The molecule has 2 aliphatic rings. The molecular weight excluding hydrogens is 286 g/mol. The predicted molar refractivity (Wildman–Crippen MR) is 86.4 cm³/mol. The van der Waals surface area contributed by atoms with Crippen molar-refractivity contribution in [2.24, 2.45) is 5.92 Å². The van der Waals surface area contributed by atoms with E-state index in [-0.39, 0.29) is 6.04 Å². The van der Waals surface area contributed by atoms with Crippen LogP contribution in [0.25, 0.3) is 0 Å². The molecule has 5 nitrogen and oxygen atoms in total. The number of nitrogens with zero attached hydrogens (tertiary/aromatic N) is 2. The van der Waals surface area contributed by atoms with Gasteiger partial charge in [-0.25, -0.2) is 0 Å². The van der Waals surface area contributed by atoms with E-state index in [0.29, 0.717) is 25.6 Å². The van der Waals surface area contributed by atoms with Gasteiger partial charge in [0.1, 0.15) is 0 Å². The van der Waals surface area contributed by atoms with Crippen molar-refractivity contribution in [2.45, 2.75) is 57.9 Å². The average molecular weight is 317 g/mol. The number of nitrogens with one attached hydrogen (secondary N) is 1. The van der Waals surface area contributed by atoms with Crippen molar-refractivity contribution in [3.05, 3.63) is 0 Å². The molecule has 2 atom stereocenters. The first-order valence-electron chi connectivity index (χ1n) is 8.51. The highest BCUT2D eigenvalue weighted by Crippen LogP contribution is 2.26. The van der Waals surface area contributed by atoms with Crippen molar-refractivity contribution >= 4 is 10.2 Å². The average Bonchev–Trinajstić information content (AvgIpc) is 2.74. The van der Waals surface area contributed by atoms with E-state index < -0.39 is 10.2 Å². The summed E-state index contributed by atoms with van der Waals surface area (Å²) in [4.78, 5) is 0. The lowest BCUT2D eigenvalue weighted by Gasteiger charge is -2.37. The number of rotatable bonds is 5. The summed E-state index contributed by atoms with van der Waals surface area (Å²) in [6.07, 6.45) is 7.46. The fourth-order valence-electron chi connectivity index (χ4n) is 3.64. The van der Waals surface area contributed by atoms with Crippen LogP contribution < -0.4 is 5.32 Å². The minimum Gasteiger partial charge on any atom is -0.318 e. The summed E-state index contributed by atoms with van der Waals surface area (Å²) >= 11 is 0.